The highest BCUT2D eigenvalue weighted by atomic mass is 15.1. The second-order valence-electron chi connectivity index (χ2n) is 3.97. The predicted octanol–water partition coefficient (Wildman–Crippen LogP) is 0.594. The minimum atomic E-state index is 0.722. The van der Waals surface area contributed by atoms with E-state index in [0.29, 0.717) is 0 Å². The summed E-state index contributed by atoms with van der Waals surface area (Å²) in [5.41, 5.74) is 1.20. The first-order valence-electron chi connectivity index (χ1n) is 5.24. The highest BCUT2D eigenvalue weighted by Crippen LogP contribution is 2.11. The molecule has 2 heterocycles. The third-order valence-electron chi connectivity index (χ3n) is 2.91. The van der Waals surface area contributed by atoms with Gasteiger partial charge in [0.05, 0.1) is 6.33 Å². The lowest BCUT2D eigenvalue weighted by Crippen LogP contribution is -2.40. The van der Waals surface area contributed by atoms with Crippen molar-refractivity contribution in [1.82, 2.24) is 20.2 Å². The van der Waals surface area contributed by atoms with Crippen molar-refractivity contribution in [3.63, 3.8) is 0 Å². The summed E-state index contributed by atoms with van der Waals surface area (Å²) < 4.78 is 0. The van der Waals surface area contributed by atoms with Gasteiger partial charge in [-0.15, -0.1) is 0 Å². The van der Waals surface area contributed by atoms with Crippen molar-refractivity contribution in [1.29, 1.82) is 0 Å². The maximum atomic E-state index is 4.03. The maximum absolute atomic E-state index is 4.03. The van der Waals surface area contributed by atoms with E-state index < -0.39 is 0 Å². The average Bonchev–Trinajstić information content (AvgIpc) is 2.72. The smallest absolute Gasteiger partial charge is 0.0922 e. The molecule has 2 rings (SSSR count). The van der Waals surface area contributed by atoms with Crippen LogP contribution >= 0.6 is 0 Å². The van der Waals surface area contributed by atoms with Crippen LogP contribution in [0.25, 0.3) is 0 Å². The van der Waals surface area contributed by atoms with Gasteiger partial charge in [-0.05, 0) is 33.0 Å². The molecule has 4 heteroatoms. The van der Waals surface area contributed by atoms with E-state index in [0.717, 1.165) is 25.7 Å². The van der Waals surface area contributed by atoms with Gasteiger partial charge in [-0.3, -0.25) is 4.90 Å². The van der Waals surface area contributed by atoms with Crippen LogP contribution in [0.1, 0.15) is 18.5 Å². The van der Waals surface area contributed by atoms with Crippen LogP contribution < -0.4 is 5.32 Å². The molecule has 1 aromatic heterocycles. The van der Waals surface area contributed by atoms with Gasteiger partial charge in [0.1, 0.15) is 0 Å². The molecule has 0 spiro atoms. The summed E-state index contributed by atoms with van der Waals surface area (Å²) in [5, 5.41) is 3.38. The zero-order valence-electron chi connectivity index (χ0n) is 8.66. The van der Waals surface area contributed by atoms with E-state index in [1.807, 2.05) is 6.20 Å². The van der Waals surface area contributed by atoms with Crippen molar-refractivity contribution in [2.45, 2.75) is 25.4 Å². The highest BCUT2D eigenvalue weighted by molar-refractivity contribution is 4.94. The molecule has 4 nitrogen and oxygen atoms in total. The van der Waals surface area contributed by atoms with E-state index in [1.54, 1.807) is 6.33 Å². The van der Waals surface area contributed by atoms with Gasteiger partial charge in [0.15, 0.2) is 0 Å². The zero-order chi connectivity index (χ0) is 9.80. The first kappa shape index (κ1) is 9.68. The van der Waals surface area contributed by atoms with Gasteiger partial charge in [-0.25, -0.2) is 4.98 Å². The van der Waals surface area contributed by atoms with Crippen LogP contribution in [0.4, 0.5) is 0 Å². The van der Waals surface area contributed by atoms with Crippen LogP contribution in [0.15, 0.2) is 12.5 Å². The quantitative estimate of drug-likeness (QED) is 0.740. The number of piperidine rings is 1. The number of aromatic nitrogens is 2. The fraction of sp³-hybridized carbons (Fsp3) is 0.700. The Hall–Kier alpha value is -0.870. The van der Waals surface area contributed by atoms with Gasteiger partial charge in [-0.1, -0.05) is 0 Å². The molecule has 2 N–H and O–H groups in total. The second-order valence-corrected chi connectivity index (χ2v) is 3.97. The minimum absolute atomic E-state index is 0.722. The van der Waals surface area contributed by atoms with Crippen LogP contribution in [0.2, 0.25) is 0 Å². The van der Waals surface area contributed by atoms with Gasteiger partial charge in [-0.2, -0.15) is 0 Å². The van der Waals surface area contributed by atoms with Crippen LogP contribution in [0.3, 0.4) is 0 Å². The normalized spacial score (nSPS) is 19.0. The highest BCUT2D eigenvalue weighted by Gasteiger charge is 2.17. The first-order valence-corrected chi connectivity index (χ1v) is 5.24. The molecule has 1 fully saturated rings. The number of hydrogen-bond acceptors (Lipinski definition) is 3. The van der Waals surface area contributed by atoms with Crippen LogP contribution in [-0.4, -0.2) is 41.0 Å². The number of imidazole rings is 1. The summed E-state index contributed by atoms with van der Waals surface area (Å²) in [6, 6.07) is 0.722. The fourth-order valence-corrected chi connectivity index (χ4v) is 2.02. The summed E-state index contributed by atoms with van der Waals surface area (Å²) in [6.45, 7) is 3.28. The van der Waals surface area contributed by atoms with E-state index in [4.69, 9.17) is 0 Å². The summed E-state index contributed by atoms with van der Waals surface area (Å²) in [4.78, 5) is 9.58. The van der Waals surface area contributed by atoms with Crippen LogP contribution in [0.5, 0.6) is 0 Å². The number of H-pyrrole nitrogens is 1. The molecule has 0 radical (unpaired) electrons. The Morgan fingerprint density at radius 1 is 1.50 bits per heavy atom. The molecular weight excluding hydrogens is 176 g/mol. The number of rotatable bonds is 3. The Bertz CT molecular complexity index is 251. The molecule has 0 aromatic carbocycles. The average molecular weight is 194 g/mol. The van der Waals surface area contributed by atoms with Gasteiger partial charge >= 0.3 is 0 Å². The fourth-order valence-electron chi connectivity index (χ4n) is 2.02. The number of nitrogens with zero attached hydrogens (tertiary/aromatic N) is 2. The van der Waals surface area contributed by atoms with Crippen molar-refractivity contribution in [3.05, 3.63) is 18.2 Å². The van der Waals surface area contributed by atoms with E-state index >= 15 is 0 Å². The Labute approximate surface area is 84.7 Å². The van der Waals surface area contributed by atoms with Crippen molar-refractivity contribution >= 4 is 0 Å². The molecule has 1 aromatic rings. The van der Waals surface area contributed by atoms with Gasteiger partial charge in [0, 0.05) is 24.5 Å². The molecule has 0 unspecified atom stereocenters. The molecule has 0 saturated carbocycles. The molecule has 0 atom stereocenters. The number of aromatic amines is 1. The molecule has 14 heavy (non-hydrogen) atoms. The summed E-state index contributed by atoms with van der Waals surface area (Å²) in [7, 11) is 2.19. The molecular formula is C10H18N4. The third kappa shape index (κ3) is 2.33. The zero-order valence-corrected chi connectivity index (χ0v) is 8.66. The molecule has 0 amide bonds. The lowest BCUT2D eigenvalue weighted by Gasteiger charge is -2.31. The second kappa shape index (κ2) is 4.57. The van der Waals surface area contributed by atoms with E-state index in [9.17, 15) is 0 Å². The van der Waals surface area contributed by atoms with Crippen molar-refractivity contribution in [2.75, 3.05) is 20.1 Å². The van der Waals surface area contributed by atoms with Gasteiger partial charge < -0.3 is 10.3 Å². The van der Waals surface area contributed by atoms with Gasteiger partial charge in [0.2, 0.25) is 0 Å². The summed E-state index contributed by atoms with van der Waals surface area (Å²) >= 11 is 0. The third-order valence-corrected chi connectivity index (χ3v) is 2.91. The Morgan fingerprint density at radius 2 is 2.29 bits per heavy atom. The number of hydrogen-bond donors (Lipinski definition) is 2. The Morgan fingerprint density at radius 3 is 2.93 bits per heavy atom. The van der Waals surface area contributed by atoms with E-state index in [1.165, 1.54) is 18.5 Å². The number of nitrogens with one attached hydrogen (secondary N) is 2. The first-order chi connectivity index (χ1) is 6.86. The molecule has 0 bridgehead atoms. The summed E-state index contributed by atoms with van der Waals surface area (Å²) in [6.07, 6.45) is 6.15. The lowest BCUT2D eigenvalue weighted by molar-refractivity contribution is 0.190. The molecule has 1 aliphatic rings. The molecule has 0 aliphatic carbocycles. The lowest BCUT2D eigenvalue weighted by atomic mass is 10.1. The monoisotopic (exact) mass is 194 g/mol. The SMILES string of the molecule is CN(Cc1cnc[nH]1)C1CCNCC1. The topological polar surface area (TPSA) is 44.0 Å². The van der Waals surface area contributed by atoms with E-state index in [2.05, 4.69) is 27.2 Å². The predicted molar refractivity (Wildman–Crippen MR) is 55.9 cm³/mol. The summed E-state index contributed by atoms with van der Waals surface area (Å²) in [5.74, 6) is 0. The Balaban J connectivity index is 1.85. The standard InChI is InChI=1S/C10H18N4/c1-14(7-9-6-12-8-13-9)10-2-4-11-5-3-10/h6,8,10-11H,2-5,7H2,1H3,(H,12,13). The van der Waals surface area contributed by atoms with E-state index in [-0.39, 0.29) is 0 Å². The van der Waals surface area contributed by atoms with Crippen molar-refractivity contribution in [2.24, 2.45) is 0 Å². The van der Waals surface area contributed by atoms with Crippen LogP contribution in [0, 0.1) is 0 Å². The largest absolute Gasteiger partial charge is 0.347 e. The Kier molecular flexibility index (Phi) is 3.16. The van der Waals surface area contributed by atoms with Crippen molar-refractivity contribution in [3.8, 4) is 0 Å². The van der Waals surface area contributed by atoms with Gasteiger partial charge in [0.25, 0.3) is 0 Å². The molecule has 1 saturated heterocycles. The molecule has 78 valence electrons. The van der Waals surface area contributed by atoms with Crippen molar-refractivity contribution < 1.29 is 0 Å². The molecule has 1 aliphatic heterocycles. The van der Waals surface area contributed by atoms with Crippen LogP contribution in [-0.2, 0) is 6.54 Å². The maximum Gasteiger partial charge on any atom is 0.0922 e. The minimum Gasteiger partial charge on any atom is -0.347 e.